The van der Waals surface area contributed by atoms with E-state index in [0.717, 1.165) is 16.5 Å². The van der Waals surface area contributed by atoms with Crippen LogP contribution in [0.4, 0.5) is 0 Å². The van der Waals surface area contributed by atoms with Crippen LogP contribution in [0.5, 0.6) is 5.75 Å². The van der Waals surface area contributed by atoms with Crippen molar-refractivity contribution >= 4 is 67.9 Å². The fourth-order valence-electron chi connectivity index (χ4n) is 3.33. The molecule has 0 aliphatic rings. The van der Waals surface area contributed by atoms with Gasteiger partial charge >= 0.3 is 0 Å². The van der Waals surface area contributed by atoms with E-state index in [1.54, 1.807) is 42.6 Å². The molecule has 9 heteroatoms. The minimum atomic E-state index is -0.225. The lowest BCUT2D eigenvalue weighted by atomic mass is 10.2. The average molecular weight is 580 g/mol. The molecule has 4 aromatic rings. The summed E-state index contributed by atoms with van der Waals surface area (Å²) in [6.45, 7) is 2.28. The zero-order chi connectivity index (χ0) is 24.2. The van der Waals surface area contributed by atoms with Crippen LogP contribution in [0.1, 0.15) is 30.3 Å². The number of rotatable bonds is 7. The minimum Gasteiger partial charge on any atom is -0.487 e. The standard InChI is InChI=1S/C25H19BrCl3N3O2/c1-2-3-24-31-22-8-6-17(26)11-19(22)25(33)32(24)30-13-15-4-9-23(21(29)10-15)34-14-16-5-7-18(27)12-20(16)28/h4-13H,2-3,14H2,1H3. The van der Waals surface area contributed by atoms with E-state index in [9.17, 15) is 4.79 Å². The normalized spacial score (nSPS) is 11.4. The van der Waals surface area contributed by atoms with E-state index in [-0.39, 0.29) is 12.2 Å². The molecule has 0 atom stereocenters. The monoisotopic (exact) mass is 577 g/mol. The first-order valence-electron chi connectivity index (χ1n) is 10.5. The molecule has 0 aliphatic carbocycles. The number of hydrogen-bond donors (Lipinski definition) is 0. The fourth-order valence-corrected chi connectivity index (χ4v) is 4.40. The van der Waals surface area contributed by atoms with E-state index >= 15 is 0 Å². The summed E-state index contributed by atoms with van der Waals surface area (Å²) in [5.41, 5.74) is 1.93. The fraction of sp³-hybridized carbons (Fsp3) is 0.160. The van der Waals surface area contributed by atoms with E-state index in [0.29, 0.717) is 49.5 Å². The smallest absolute Gasteiger partial charge is 0.282 e. The van der Waals surface area contributed by atoms with Crippen LogP contribution in [0.25, 0.3) is 10.9 Å². The third-order valence-electron chi connectivity index (χ3n) is 5.03. The summed E-state index contributed by atoms with van der Waals surface area (Å²) in [6.07, 6.45) is 3.04. The zero-order valence-electron chi connectivity index (χ0n) is 18.1. The second-order valence-corrected chi connectivity index (χ2v) is 9.68. The lowest BCUT2D eigenvalue weighted by Crippen LogP contribution is -2.22. The molecule has 3 aromatic carbocycles. The molecule has 0 aliphatic heterocycles. The Morgan fingerprint density at radius 2 is 1.88 bits per heavy atom. The van der Waals surface area contributed by atoms with Gasteiger partial charge in [0, 0.05) is 26.5 Å². The summed E-state index contributed by atoms with van der Waals surface area (Å²) in [5, 5.41) is 6.42. The van der Waals surface area contributed by atoms with Gasteiger partial charge in [0.05, 0.1) is 22.1 Å². The lowest BCUT2D eigenvalue weighted by Gasteiger charge is -2.10. The first-order valence-corrected chi connectivity index (χ1v) is 12.4. The van der Waals surface area contributed by atoms with Crippen molar-refractivity contribution in [1.29, 1.82) is 0 Å². The Morgan fingerprint density at radius 3 is 2.62 bits per heavy atom. The van der Waals surface area contributed by atoms with Gasteiger partial charge in [-0.3, -0.25) is 4.79 Å². The molecule has 0 spiro atoms. The number of fused-ring (bicyclic) bond motifs is 1. The molecule has 0 saturated carbocycles. The molecule has 1 aromatic heterocycles. The second kappa shape index (κ2) is 10.9. The molecule has 0 unspecified atom stereocenters. The van der Waals surface area contributed by atoms with Gasteiger partial charge in [-0.1, -0.05) is 63.7 Å². The molecule has 0 radical (unpaired) electrons. The molecule has 0 fully saturated rings. The minimum absolute atomic E-state index is 0.225. The Hall–Kier alpha value is -2.38. The molecule has 4 rings (SSSR count). The van der Waals surface area contributed by atoms with Crippen LogP contribution in [-0.2, 0) is 13.0 Å². The zero-order valence-corrected chi connectivity index (χ0v) is 21.9. The highest BCUT2D eigenvalue weighted by Crippen LogP contribution is 2.28. The van der Waals surface area contributed by atoms with Crippen LogP contribution < -0.4 is 10.3 Å². The Kier molecular flexibility index (Phi) is 7.94. The third kappa shape index (κ3) is 5.63. The molecule has 0 saturated heterocycles. The maximum absolute atomic E-state index is 13.1. The molecule has 34 heavy (non-hydrogen) atoms. The molecule has 5 nitrogen and oxygen atoms in total. The van der Waals surface area contributed by atoms with Gasteiger partial charge in [0.25, 0.3) is 5.56 Å². The van der Waals surface area contributed by atoms with Gasteiger partial charge in [-0.05, 0) is 60.5 Å². The second-order valence-electron chi connectivity index (χ2n) is 7.52. The average Bonchev–Trinajstić information content (AvgIpc) is 2.80. The number of ether oxygens (including phenoxy) is 1. The van der Waals surface area contributed by atoms with E-state index < -0.39 is 0 Å². The van der Waals surface area contributed by atoms with Gasteiger partial charge in [0.2, 0.25) is 0 Å². The van der Waals surface area contributed by atoms with Gasteiger partial charge in [0.1, 0.15) is 18.2 Å². The summed E-state index contributed by atoms with van der Waals surface area (Å²) in [7, 11) is 0. The number of benzene rings is 3. The summed E-state index contributed by atoms with van der Waals surface area (Å²) < 4.78 is 7.97. The van der Waals surface area contributed by atoms with Crippen LogP contribution in [0.3, 0.4) is 0 Å². The van der Waals surface area contributed by atoms with Gasteiger partial charge in [0.15, 0.2) is 0 Å². The first kappa shape index (κ1) is 24.7. The number of aryl methyl sites for hydroxylation is 1. The van der Waals surface area contributed by atoms with Crippen molar-refractivity contribution in [2.75, 3.05) is 0 Å². The Labute approximate surface area is 220 Å². The highest BCUT2D eigenvalue weighted by molar-refractivity contribution is 9.10. The molecule has 0 amide bonds. The van der Waals surface area contributed by atoms with Gasteiger partial charge in [-0.25, -0.2) is 4.98 Å². The maximum Gasteiger partial charge on any atom is 0.282 e. The van der Waals surface area contributed by atoms with Crippen LogP contribution in [-0.4, -0.2) is 15.9 Å². The SMILES string of the molecule is CCCc1nc2ccc(Br)cc2c(=O)n1N=Cc1ccc(OCc2ccc(Cl)cc2Cl)c(Cl)c1. The summed E-state index contributed by atoms with van der Waals surface area (Å²) >= 11 is 22.0. The summed E-state index contributed by atoms with van der Waals surface area (Å²) in [6, 6.07) is 15.9. The van der Waals surface area contributed by atoms with Crippen molar-refractivity contribution in [3.63, 3.8) is 0 Å². The van der Waals surface area contributed by atoms with Crippen molar-refractivity contribution in [2.45, 2.75) is 26.4 Å². The van der Waals surface area contributed by atoms with Crippen molar-refractivity contribution in [1.82, 2.24) is 9.66 Å². The molecule has 1 heterocycles. The number of halogens is 4. The lowest BCUT2D eigenvalue weighted by molar-refractivity contribution is 0.306. The maximum atomic E-state index is 13.1. The molecule has 0 bridgehead atoms. The van der Waals surface area contributed by atoms with Gasteiger partial charge in [-0.15, -0.1) is 0 Å². The highest BCUT2D eigenvalue weighted by atomic mass is 79.9. The van der Waals surface area contributed by atoms with Crippen LogP contribution in [0.2, 0.25) is 15.1 Å². The predicted octanol–water partition coefficient (Wildman–Crippen LogP) is 7.53. The van der Waals surface area contributed by atoms with Crippen LogP contribution in [0.15, 0.2) is 69.0 Å². The number of nitrogens with zero attached hydrogens (tertiary/aromatic N) is 3. The van der Waals surface area contributed by atoms with Crippen molar-refractivity contribution < 1.29 is 4.74 Å². The van der Waals surface area contributed by atoms with E-state index in [2.05, 4.69) is 26.0 Å². The highest BCUT2D eigenvalue weighted by Gasteiger charge is 2.11. The molecular formula is C25H19BrCl3N3O2. The van der Waals surface area contributed by atoms with Gasteiger partial charge < -0.3 is 4.74 Å². The summed E-state index contributed by atoms with van der Waals surface area (Å²) in [4.78, 5) is 17.8. The number of aromatic nitrogens is 2. The Bertz CT molecular complexity index is 1450. The van der Waals surface area contributed by atoms with Crippen molar-refractivity contribution in [3.05, 3.63) is 101 Å². The van der Waals surface area contributed by atoms with Crippen molar-refractivity contribution in [3.8, 4) is 5.75 Å². The van der Waals surface area contributed by atoms with Crippen LogP contribution in [0, 0.1) is 0 Å². The van der Waals surface area contributed by atoms with E-state index in [1.165, 1.54) is 4.68 Å². The first-order chi connectivity index (χ1) is 16.4. The largest absolute Gasteiger partial charge is 0.487 e. The quantitative estimate of drug-likeness (QED) is 0.213. The predicted molar refractivity (Wildman–Crippen MR) is 143 cm³/mol. The molecule has 0 N–H and O–H groups in total. The Balaban J connectivity index is 1.59. The summed E-state index contributed by atoms with van der Waals surface area (Å²) in [5.74, 6) is 1.11. The van der Waals surface area contributed by atoms with E-state index in [1.807, 2.05) is 25.1 Å². The van der Waals surface area contributed by atoms with E-state index in [4.69, 9.17) is 39.5 Å². The van der Waals surface area contributed by atoms with Gasteiger partial charge in [-0.2, -0.15) is 9.78 Å². The van der Waals surface area contributed by atoms with Crippen LogP contribution >= 0.6 is 50.7 Å². The van der Waals surface area contributed by atoms with Crippen molar-refractivity contribution in [2.24, 2.45) is 5.10 Å². The Morgan fingerprint density at radius 1 is 1.06 bits per heavy atom. The third-order valence-corrected chi connectivity index (χ3v) is 6.40. The molecular weight excluding hydrogens is 561 g/mol. The number of hydrogen-bond acceptors (Lipinski definition) is 4. The topological polar surface area (TPSA) is 56.5 Å². The molecule has 174 valence electrons.